The molecule has 18 heavy (non-hydrogen) atoms. The number of rotatable bonds is 2. The molecule has 0 atom stereocenters. The fraction of sp³-hybridized carbons (Fsp3) is 0.0769. The molecule has 0 bridgehead atoms. The molecule has 0 saturated heterocycles. The average molecular weight is 242 g/mol. The van der Waals surface area contributed by atoms with E-state index in [1.165, 1.54) is 0 Å². The predicted octanol–water partition coefficient (Wildman–Crippen LogP) is 1.47. The van der Waals surface area contributed by atoms with E-state index < -0.39 is 0 Å². The highest BCUT2D eigenvalue weighted by Crippen LogP contribution is 2.22. The molecular formula is C13H14N4O. The highest BCUT2D eigenvalue weighted by Gasteiger charge is 2.06. The standard InChI is InChI=1S/C13H14N4O/c1-3-17-11(8-16-12(14)13(17)15-2)9-5-4-6-10(18)7-9/h3-8,18H,1H2,2H3,(H2,14,16). The van der Waals surface area contributed by atoms with Crippen molar-refractivity contribution >= 4 is 12.0 Å². The summed E-state index contributed by atoms with van der Waals surface area (Å²) in [6.07, 6.45) is 3.24. The molecule has 2 rings (SSSR count). The van der Waals surface area contributed by atoms with Crippen molar-refractivity contribution in [3.8, 4) is 17.0 Å². The van der Waals surface area contributed by atoms with Crippen molar-refractivity contribution in [2.45, 2.75) is 0 Å². The van der Waals surface area contributed by atoms with Crippen molar-refractivity contribution in [1.82, 2.24) is 9.55 Å². The molecule has 0 aliphatic heterocycles. The van der Waals surface area contributed by atoms with Gasteiger partial charge in [0.2, 0.25) is 0 Å². The van der Waals surface area contributed by atoms with Gasteiger partial charge in [0.1, 0.15) is 5.75 Å². The molecule has 1 aromatic carbocycles. The molecule has 0 unspecified atom stereocenters. The molecule has 0 aliphatic carbocycles. The van der Waals surface area contributed by atoms with Crippen molar-refractivity contribution in [3.05, 3.63) is 42.5 Å². The SMILES string of the molecule is C=Cn1c(-c2cccc(O)c2)cnc(N)c1=NC. The molecule has 3 N–H and O–H groups in total. The predicted molar refractivity (Wildman–Crippen MR) is 71.6 cm³/mol. The minimum Gasteiger partial charge on any atom is -0.508 e. The minimum absolute atomic E-state index is 0.190. The summed E-state index contributed by atoms with van der Waals surface area (Å²) >= 11 is 0. The number of aromatic nitrogens is 2. The van der Waals surface area contributed by atoms with Crippen LogP contribution in [0.4, 0.5) is 5.82 Å². The summed E-state index contributed by atoms with van der Waals surface area (Å²) in [5, 5.41) is 9.52. The smallest absolute Gasteiger partial charge is 0.175 e. The third-order valence-corrected chi connectivity index (χ3v) is 2.58. The zero-order chi connectivity index (χ0) is 13.1. The van der Waals surface area contributed by atoms with Crippen molar-refractivity contribution in [2.75, 3.05) is 12.8 Å². The van der Waals surface area contributed by atoms with Gasteiger partial charge in [0, 0.05) is 18.8 Å². The number of hydrogen-bond acceptors (Lipinski definition) is 4. The van der Waals surface area contributed by atoms with Crippen LogP contribution in [-0.4, -0.2) is 21.7 Å². The van der Waals surface area contributed by atoms with Crippen LogP contribution in [0, 0.1) is 0 Å². The van der Waals surface area contributed by atoms with Gasteiger partial charge >= 0.3 is 0 Å². The van der Waals surface area contributed by atoms with Gasteiger partial charge in [-0.3, -0.25) is 9.56 Å². The van der Waals surface area contributed by atoms with E-state index in [2.05, 4.69) is 16.6 Å². The van der Waals surface area contributed by atoms with E-state index in [1.54, 1.807) is 42.2 Å². The van der Waals surface area contributed by atoms with Crippen molar-refractivity contribution in [3.63, 3.8) is 0 Å². The third-order valence-electron chi connectivity index (χ3n) is 2.58. The summed E-state index contributed by atoms with van der Waals surface area (Å²) in [4.78, 5) is 8.19. The second-order valence-electron chi connectivity index (χ2n) is 3.68. The number of nitrogens with zero attached hydrogens (tertiary/aromatic N) is 3. The summed E-state index contributed by atoms with van der Waals surface area (Å²) < 4.78 is 1.73. The maximum absolute atomic E-state index is 9.52. The van der Waals surface area contributed by atoms with Crippen LogP contribution in [0.3, 0.4) is 0 Å². The zero-order valence-electron chi connectivity index (χ0n) is 10.0. The Labute approximate surface area is 105 Å². The first kappa shape index (κ1) is 11.9. The summed E-state index contributed by atoms with van der Waals surface area (Å²) in [6, 6.07) is 6.88. The van der Waals surface area contributed by atoms with Gasteiger partial charge in [0.05, 0.1) is 11.9 Å². The number of phenolic OH excluding ortho intramolecular Hbond substituents is 1. The lowest BCUT2D eigenvalue weighted by Gasteiger charge is -2.11. The maximum atomic E-state index is 9.52. The summed E-state index contributed by atoms with van der Waals surface area (Å²) in [5.74, 6) is 0.524. The average Bonchev–Trinajstić information content (AvgIpc) is 2.38. The molecule has 0 amide bonds. The van der Waals surface area contributed by atoms with Crippen LogP contribution in [0.2, 0.25) is 0 Å². The number of benzene rings is 1. The quantitative estimate of drug-likeness (QED) is 0.837. The molecular weight excluding hydrogens is 228 g/mol. The molecule has 0 spiro atoms. The Morgan fingerprint density at radius 3 is 2.89 bits per heavy atom. The number of phenols is 1. The summed E-state index contributed by atoms with van der Waals surface area (Å²) in [6.45, 7) is 3.75. The fourth-order valence-electron chi connectivity index (χ4n) is 1.77. The largest absolute Gasteiger partial charge is 0.508 e. The van der Waals surface area contributed by atoms with Crippen LogP contribution in [-0.2, 0) is 0 Å². The lowest BCUT2D eigenvalue weighted by molar-refractivity contribution is 0.475. The van der Waals surface area contributed by atoms with Gasteiger partial charge < -0.3 is 10.8 Å². The zero-order valence-corrected chi connectivity index (χ0v) is 10.0. The van der Waals surface area contributed by atoms with E-state index in [4.69, 9.17) is 5.73 Å². The highest BCUT2D eigenvalue weighted by molar-refractivity contribution is 5.63. The summed E-state index contributed by atoms with van der Waals surface area (Å²) in [7, 11) is 1.64. The van der Waals surface area contributed by atoms with Gasteiger partial charge in [-0.15, -0.1) is 0 Å². The molecule has 0 radical (unpaired) electrons. The Bertz CT molecular complexity index is 658. The number of anilines is 1. The van der Waals surface area contributed by atoms with E-state index in [-0.39, 0.29) is 5.75 Å². The first-order valence-corrected chi connectivity index (χ1v) is 5.39. The maximum Gasteiger partial charge on any atom is 0.175 e. The van der Waals surface area contributed by atoms with Crippen LogP contribution < -0.4 is 11.2 Å². The van der Waals surface area contributed by atoms with E-state index in [1.807, 2.05) is 6.07 Å². The van der Waals surface area contributed by atoms with Crippen LogP contribution >= 0.6 is 0 Å². The molecule has 1 aromatic heterocycles. The Morgan fingerprint density at radius 1 is 1.50 bits per heavy atom. The number of nitrogen functional groups attached to an aromatic ring is 1. The van der Waals surface area contributed by atoms with Gasteiger partial charge in [-0.2, -0.15) is 0 Å². The van der Waals surface area contributed by atoms with Crippen molar-refractivity contribution < 1.29 is 5.11 Å². The lowest BCUT2D eigenvalue weighted by atomic mass is 10.1. The van der Waals surface area contributed by atoms with Gasteiger partial charge in [-0.25, -0.2) is 4.98 Å². The topological polar surface area (TPSA) is 76.4 Å². The Hall–Kier alpha value is -2.56. The van der Waals surface area contributed by atoms with E-state index in [0.717, 1.165) is 11.3 Å². The van der Waals surface area contributed by atoms with Crippen LogP contribution in [0.15, 0.2) is 42.0 Å². The van der Waals surface area contributed by atoms with Crippen LogP contribution in [0.5, 0.6) is 5.75 Å². The third kappa shape index (κ3) is 1.98. The van der Waals surface area contributed by atoms with E-state index in [9.17, 15) is 5.11 Å². The molecule has 1 heterocycles. The van der Waals surface area contributed by atoms with Crippen molar-refractivity contribution in [1.29, 1.82) is 0 Å². The van der Waals surface area contributed by atoms with E-state index in [0.29, 0.717) is 11.3 Å². The number of hydrogen-bond donors (Lipinski definition) is 2. The molecule has 92 valence electrons. The van der Waals surface area contributed by atoms with Gasteiger partial charge in [-0.1, -0.05) is 18.7 Å². The molecule has 2 aromatic rings. The van der Waals surface area contributed by atoms with Gasteiger partial charge in [0.15, 0.2) is 11.3 Å². The van der Waals surface area contributed by atoms with E-state index >= 15 is 0 Å². The molecule has 0 saturated carbocycles. The van der Waals surface area contributed by atoms with Gasteiger partial charge in [-0.05, 0) is 12.1 Å². The van der Waals surface area contributed by atoms with Gasteiger partial charge in [0.25, 0.3) is 0 Å². The Morgan fingerprint density at radius 2 is 2.28 bits per heavy atom. The highest BCUT2D eigenvalue weighted by atomic mass is 16.3. The molecule has 0 fully saturated rings. The normalized spacial score (nSPS) is 11.5. The van der Waals surface area contributed by atoms with Crippen LogP contribution in [0.25, 0.3) is 17.5 Å². The number of aromatic hydroxyl groups is 1. The lowest BCUT2D eigenvalue weighted by Crippen LogP contribution is -2.23. The van der Waals surface area contributed by atoms with Crippen molar-refractivity contribution in [2.24, 2.45) is 4.99 Å². The first-order valence-electron chi connectivity index (χ1n) is 5.39. The summed E-state index contributed by atoms with van der Waals surface area (Å²) in [5.41, 5.74) is 7.87. The van der Waals surface area contributed by atoms with Crippen LogP contribution in [0.1, 0.15) is 0 Å². The minimum atomic E-state index is 0.190. The second kappa shape index (κ2) is 4.75. The fourth-order valence-corrected chi connectivity index (χ4v) is 1.77. The molecule has 0 aliphatic rings. The Balaban J connectivity index is 2.77. The molecule has 5 heteroatoms. The number of nitrogens with two attached hydrogens (primary N) is 1. The first-order chi connectivity index (χ1) is 8.67. The monoisotopic (exact) mass is 242 g/mol. The molecule has 5 nitrogen and oxygen atoms in total. The Kier molecular flexibility index (Phi) is 3.14. The second-order valence-corrected chi connectivity index (χ2v) is 3.68.